The first-order valence-corrected chi connectivity index (χ1v) is 7.53. The molecule has 0 aromatic carbocycles. The lowest BCUT2D eigenvalue weighted by atomic mass is 10.0. The van der Waals surface area contributed by atoms with Gasteiger partial charge in [-0.1, -0.05) is 45.4 Å². The highest BCUT2D eigenvalue weighted by atomic mass is 32.1. The molecule has 1 heterocycles. The van der Waals surface area contributed by atoms with Gasteiger partial charge < -0.3 is 0 Å². The number of hydrogen-bond acceptors (Lipinski definition) is 4. The molecule has 0 aliphatic heterocycles. The highest BCUT2D eigenvalue weighted by Crippen LogP contribution is 2.25. The smallest absolute Gasteiger partial charge is 0.0798 e. The summed E-state index contributed by atoms with van der Waals surface area (Å²) < 4.78 is 0. The molecule has 0 spiro atoms. The van der Waals surface area contributed by atoms with E-state index < -0.39 is 0 Å². The number of nitrogens with zero attached hydrogens (tertiary/aromatic N) is 1. The van der Waals surface area contributed by atoms with Gasteiger partial charge in [-0.05, 0) is 13.3 Å². The molecule has 0 radical (unpaired) electrons. The van der Waals surface area contributed by atoms with Crippen LogP contribution in [0.15, 0.2) is 5.51 Å². The molecule has 1 aromatic heterocycles. The largest absolute Gasteiger partial charge is 0.271 e. The second kappa shape index (κ2) is 8.61. The Morgan fingerprint density at radius 1 is 1.29 bits per heavy atom. The molecule has 1 unspecified atom stereocenters. The molecular formula is C13H25N3S. The predicted octanol–water partition coefficient (Wildman–Crippen LogP) is 3.71. The van der Waals surface area contributed by atoms with Crippen molar-refractivity contribution in [1.82, 2.24) is 10.4 Å². The molecule has 1 aromatic rings. The highest BCUT2D eigenvalue weighted by Gasteiger charge is 2.13. The summed E-state index contributed by atoms with van der Waals surface area (Å²) in [4.78, 5) is 5.57. The maximum atomic E-state index is 5.62. The van der Waals surface area contributed by atoms with Crippen molar-refractivity contribution in [3.05, 3.63) is 16.1 Å². The van der Waals surface area contributed by atoms with Crippen LogP contribution in [0, 0.1) is 6.92 Å². The fraction of sp³-hybridized carbons (Fsp3) is 0.769. The number of unbranched alkanes of at least 4 members (excludes halogenated alkanes) is 5. The number of aromatic nitrogens is 1. The molecule has 3 nitrogen and oxygen atoms in total. The van der Waals surface area contributed by atoms with Crippen molar-refractivity contribution in [2.45, 2.75) is 64.8 Å². The van der Waals surface area contributed by atoms with Gasteiger partial charge in [0.2, 0.25) is 0 Å². The minimum Gasteiger partial charge on any atom is -0.271 e. The van der Waals surface area contributed by atoms with Crippen LogP contribution in [0.4, 0.5) is 0 Å². The molecule has 0 saturated carbocycles. The molecule has 3 N–H and O–H groups in total. The van der Waals surface area contributed by atoms with Crippen LogP contribution in [0.5, 0.6) is 0 Å². The van der Waals surface area contributed by atoms with Gasteiger partial charge >= 0.3 is 0 Å². The Balaban J connectivity index is 2.22. The zero-order valence-corrected chi connectivity index (χ0v) is 11.9. The Kier molecular flexibility index (Phi) is 7.40. The maximum absolute atomic E-state index is 5.62. The lowest BCUT2D eigenvalue weighted by molar-refractivity contribution is 0.480. The van der Waals surface area contributed by atoms with Crippen LogP contribution in [0.1, 0.15) is 68.5 Å². The molecule has 17 heavy (non-hydrogen) atoms. The Bertz CT molecular complexity index is 299. The minimum absolute atomic E-state index is 0.286. The molecule has 0 aliphatic rings. The monoisotopic (exact) mass is 255 g/mol. The van der Waals surface area contributed by atoms with E-state index in [9.17, 15) is 0 Å². The molecule has 1 rings (SSSR count). The van der Waals surface area contributed by atoms with Crippen LogP contribution < -0.4 is 11.3 Å². The van der Waals surface area contributed by atoms with E-state index in [4.69, 9.17) is 5.84 Å². The van der Waals surface area contributed by atoms with Crippen molar-refractivity contribution >= 4 is 11.3 Å². The number of aryl methyl sites for hydroxylation is 1. The van der Waals surface area contributed by atoms with Crippen molar-refractivity contribution in [2.75, 3.05) is 0 Å². The summed E-state index contributed by atoms with van der Waals surface area (Å²) in [5, 5.41) is 0. The molecule has 0 bridgehead atoms. The Hall–Kier alpha value is -0.450. The standard InChI is InChI=1S/C13H25N3S/c1-3-4-5-6-7-8-9-12(16-14)13-11(2)15-10-17-13/h10,12,16H,3-9,14H2,1-2H3. The third-order valence-electron chi connectivity index (χ3n) is 3.15. The van der Waals surface area contributed by atoms with E-state index in [0.29, 0.717) is 0 Å². The summed E-state index contributed by atoms with van der Waals surface area (Å²) in [7, 11) is 0. The van der Waals surface area contributed by atoms with E-state index in [-0.39, 0.29) is 6.04 Å². The first-order valence-electron chi connectivity index (χ1n) is 6.65. The average molecular weight is 255 g/mol. The summed E-state index contributed by atoms with van der Waals surface area (Å²) in [6.07, 6.45) is 9.08. The van der Waals surface area contributed by atoms with Crippen molar-refractivity contribution < 1.29 is 0 Å². The quantitative estimate of drug-likeness (QED) is 0.402. The van der Waals surface area contributed by atoms with Gasteiger partial charge in [-0.25, -0.2) is 4.98 Å². The van der Waals surface area contributed by atoms with E-state index >= 15 is 0 Å². The van der Waals surface area contributed by atoms with E-state index in [0.717, 1.165) is 12.1 Å². The first kappa shape index (κ1) is 14.6. The highest BCUT2D eigenvalue weighted by molar-refractivity contribution is 7.09. The van der Waals surface area contributed by atoms with Crippen LogP contribution in [-0.2, 0) is 0 Å². The molecule has 4 heteroatoms. The van der Waals surface area contributed by atoms with Gasteiger partial charge in [0.15, 0.2) is 0 Å². The lowest BCUT2D eigenvalue weighted by Crippen LogP contribution is -2.27. The van der Waals surface area contributed by atoms with Gasteiger partial charge in [0.05, 0.1) is 17.2 Å². The van der Waals surface area contributed by atoms with Crippen molar-refractivity contribution in [2.24, 2.45) is 5.84 Å². The summed E-state index contributed by atoms with van der Waals surface area (Å²) >= 11 is 1.70. The van der Waals surface area contributed by atoms with Crippen molar-refractivity contribution in [3.8, 4) is 0 Å². The summed E-state index contributed by atoms with van der Waals surface area (Å²) in [6.45, 7) is 4.30. The Morgan fingerprint density at radius 3 is 2.59 bits per heavy atom. The van der Waals surface area contributed by atoms with E-state index in [2.05, 4.69) is 24.3 Å². The van der Waals surface area contributed by atoms with E-state index in [1.54, 1.807) is 11.3 Å². The van der Waals surface area contributed by atoms with Crippen LogP contribution in [0.2, 0.25) is 0 Å². The molecule has 0 aliphatic carbocycles. The van der Waals surface area contributed by atoms with Gasteiger partial charge in [0.25, 0.3) is 0 Å². The number of thiazole rings is 1. The lowest BCUT2D eigenvalue weighted by Gasteiger charge is -2.14. The molecule has 98 valence electrons. The predicted molar refractivity (Wildman–Crippen MR) is 74.9 cm³/mol. The van der Waals surface area contributed by atoms with Crippen molar-refractivity contribution in [3.63, 3.8) is 0 Å². The normalized spacial score (nSPS) is 12.9. The number of nitrogens with one attached hydrogen (secondary N) is 1. The number of hydrazine groups is 1. The first-order chi connectivity index (χ1) is 8.29. The number of nitrogens with two attached hydrogens (primary N) is 1. The summed E-state index contributed by atoms with van der Waals surface area (Å²) in [5.74, 6) is 5.62. The summed E-state index contributed by atoms with van der Waals surface area (Å²) in [6, 6.07) is 0.286. The molecular weight excluding hydrogens is 230 g/mol. The Morgan fingerprint density at radius 2 is 2.00 bits per heavy atom. The fourth-order valence-corrected chi connectivity index (χ4v) is 2.96. The van der Waals surface area contributed by atoms with E-state index in [1.807, 2.05) is 5.51 Å². The SMILES string of the molecule is CCCCCCCCC(NN)c1scnc1C. The van der Waals surface area contributed by atoms with Gasteiger partial charge in [-0.3, -0.25) is 11.3 Å². The van der Waals surface area contributed by atoms with Gasteiger partial charge in [0, 0.05) is 4.88 Å². The zero-order chi connectivity index (χ0) is 12.5. The van der Waals surface area contributed by atoms with E-state index in [1.165, 1.54) is 43.4 Å². The molecule has 0 amide bonds. The van der Waals surface area contributed by atoms with Crippen LogP contribution >= 0.6 is 11.3 Å². The zero-order valence-electron chi connectivity index (χ0n) is 11.0. The topological polar surface area (TPSA) is 50.9 Å². The second-order valence-corrected chi connectivity index (χ2v) is 5.46. The van der Waals surface area contributed by atoms with Crippen LogP contribution in [0.3, 0.4) is 0 Å². The summed E-state index contributed by atoms with van der Waals surface area (Å²) in [5.41, 5.74) is 5.93. The van der Waals surface area contributed by atoms with Crippen LogP contribution in [0.25, 0.3) is 0 Å². The Labute approximate surface area is 109 Å². The third kappa shape index (κ3) is 5.15. The van der Waals surface area contributed by atoms with Crippen molar-refractivity contribution in [1.29, 1.82) is 0 Å². The minimum atomic E-state index is 0.286. The molecule has 1 atom stereocenters. The van der Waals surface area contributed by atoms with Crippen LogP contribution in [-0.4, -0.2) is 4.98 Å². The maximum Gasteiger partial charge on any atom is 0.0798 e. The average Bonchev–Trinajstić information content (AvgIpc) is 2.75. The third-order valence-corrected chi connectivity index (χ3v) is 4.19. The molecule has 0 saturated heterocycles. The van der Waals surface area contributed by atoms with Gasteiger partial charge in [-0.2, -0.15) is 0 Å². The van der Waals surface area contributed by atoms with Gasteiger partial charge in [0.1, 0.15) is 0 Å². The van der Waals surface area contributed by atoms with Gasteiger partial charge in [-0.15, -0.1) is 11.3 Å². The molecule has 0 fully saturated rings. The second-order valence-electron chi connectivity index (χ2n) is 4.58. The number of hydrogen-bond donors (Lipinski definition) is 2. The number of rotatable bonds is 9. The fourth-order valence-electron chi connectivity index (χ4n) is 2.06.